The molecule has 0 unspecified atom stereocenters. The van der Waals surface area contributed by atoms with E-state index in [0.717, 1.165) is 0 Å². The number of β-amino-alcohol motifs (C(OH)–C–C–N with tert-alkyl or cyclic N) is 1. The Morgan fingerprint density at radius 2 is 1.59 bits per heavy atom. The lowest BCUT2D eigenvalue weighted by atomic mass is 9.96. The Morgan fingerprint density at radius 1 is 1.00 bits per heavy atom. The van der Waals surface area contributed by atoms with Gasteiger partial charge in [-0.2, -0.15) is 0 Å². The highest BCUT2D eigenvalue weighted by Gasteiger charge is 2.31. The quantitative estimate of drug-likeness (QED) is 0.885. The van der Waals surface area contributed by atoms with Gasteiger partial charge in [0.1, 0.15) is 0 Å². The molecule has 0 bridgehead atoms. The second kappa shape index (κ2) is 5.91. The largest absolute Gasteiger partial charge is 0.389 e. The summed E-state index contributed by atoms with van der Waals surface area (Å²) in [5.41, 5.74) is 1.19. The molecule has 1 saturated heterocycles. The molecule has 112 valence electrons. The van der Waals surface area contributed by atoms with E-state index in [0.29, 0.717) is 34.8 Å². The lowest BCUT2D eigenvalue weighted by molar-refractivity contribution is 0.00583. The van der Waals surface area contributed by atoms with Gasteiger partial charge >= 0.3 is 0 Å². The number of ketones is 1. The van der Waals surface area contributed by atoms with Crippen LogP contribution in [-0.4, -0.2) is 40.9 Å². The first kappa shape index (κ1) is 14.8. The maximum Gasteiger partial charge on any atom is 0.254 e. The number of rotatable bonds is 3. The number of hydrogen-bond donors (Lipinski definition) is 1. The van der Waals surface area contributed by atoms with Crippen molar-refractivity contribution in [1.82, 2.24) is 4.90 Å². The average molecular weight is 316 g/mol. The number of benzene rings is 2. The lowest BCUT2D eigenvalue weighted by Gasteiger charge is -2.36. The highest BCUT2D eigenvalue weighted by Crippen LogP contribution is 2.20. The van der Waals surface area contributed by atoms with Crippen molar-refractivity contribution in [2.24, 2.45) is 0 Å². The van der Waals surface area contributed by atoms with Crippen LogP contribution in [0, 0.1) is 0 Å². The van der Waals surface area contributed by atoms with Crippen LogP contribution in [-0.2, 0) is 0 Å². The number of hydrogen-bond acceptors (Lipinski definition) is 3. The van der Waals surface area contributed by atoms with Crippen molar-refractivity contribution in [3.05, 3.63) is 70.2 Å². The van der Waals surface area contributed by atoms with Gasteiger partial charge in [0.2, 0.25) is 0 Å². The van der Waals surface area contributed by atoms with Gasteiger partial charge in [0.05, 0.1) is 11.7 Å². The van der Waals surface area contributed by atoms with E-state index in [1.165, 1.54) is 4.90 Å². The van der Waals surface area contributed by atoms with Gasteiger partial charge in [-0.25, -0.2) is 0 Å². The normalized spacial score (nSPS) is 14.5. The molecule has 1 amide bonds. The third-order valence-electron chi connectivity index (χ3n) is 3.66. The van der Waals surface area contributed by atoms with Crippen LogP contribution in [0.5, 0.6) is 0 Å². The molecule has 2 aromatic rings. The number of nitrogens with zero attached hydrogens (tertiary/aromatic N) is 1. The SMILES string of the molecule is O=C(c1ccc(Cl)cc1)c1ccccc1C(=O)N1CC(O)C1. The maximum atomic E-state index is 12.6. The van der Waals surface area contributed by atoms with E-state index in [1.54, 1.807) is 48.5 Å². The van der Waals surface area contributed by atoms with Gasteiger partial charge in [-0.15, -0.1) is 0 Å². The molecule has 22 heavy (non-hydrogen) atoms. The number of carbonyl (C=O) groups is 2. The van der Waals surface area contributed by atoms with E-state index >= 15 is 0 Å². The molecule has 4 nitrogen and oxygen atoms in total. The highest BCUT2D eigenvalue weighted by atomic mass is 35.5. The van der Waals surface area contributed by atoms with Gasteiger partial charge in [0.15, 0.2) is 5.78 Å². The predicted molar refractivity (Wildman–Crippen MR) is 83.2 cm³/mol. The Balaban J connectivity index is 1.92. The molecule has 0 aliphatic carbocycles. The van der Waals surface area contributed by atoms with E-state index in [2.05, 4.69) is 0 Å². The fraction of sp³-hybridized carbons (Fsp3) is 0.176. The molecule has 1 heterocycles. The molecular formula is C17H14ClNO3. The summed E-state index contributed by atoms with van der Waals surface area (Å²) in [5.74, 6) is -0.454. The van der Waals surface area contributed by atoms with Gasteiger partial charge in [-0.1, -0.05) is 29.8 Å². The number of carbonyl (C=O) groups excluding carboxylic acids is 2. The van der Waals surface area contributed by atoms with Crippen LogP contribution in [0.15, 0.2) is 48.5 Å². The zero-order valence-electron chi connectivity index (χ0n) is 11.7. The van der Waals surface area contributed by atoms with E-state index in [-0.39, 0.29) is 11.7 Å². The monoisotopic (exact) mass is 315 g/mol. The fourth-order valence-corrected chi connectivity index (χ4v) is 2.54. The topological polar surface area (TPSA) is 57.6 Å². The van der Waals surface area contributed by atoms with Crippen LogP contribution in [0.3, 0.4) is 0 Å². The Morgan fingerprint density at radius 3 is 2.18 bits per heavy atom. The molecule has 0 atom stereocenters. The molecule has 1 aliphatic heterocycles. The standard InChI is InChI=1S/C17H14ClNO3/c18-12-7-5-11(6-8-12)16(21)14-3-1-2-4-15(14)17(22)19-9-13(20)10-19/h1-8,13,20H,9-10H2. The number of halogens is 1. The van der Waals surface area contributed by atoms with E-state index in [9.17, 15) is 14.7 Å². The Kier molecular flexibility index (Phi) is 3.96. The summed E-state index contributed by atoms with van der Waals surface area (Å²) in [7, 11) is 0. The second-order valence-corrected chi connectivity index (χ2v) is 5.68. The molecule has 1 aliphatic rings. The summed E-state index contributed by atoms with van der Waals surface area (Å²) >= 11 is 5.83. The smallest absolute Gasteiger partial charge is 0.254 e. The van der Waals surface area contributed by atoms with Crippen molar-refractivity contribution in [1.29, 1.82) is 0 Å². The molecule has 0 aromatic heterocycles. The van der Waals surface area contributed by atoms with Crippen molar-refractivity contribution in [3.8, 4) is 0 Å². The minimum Gasteiger partial charge on any atom is -0.389 e. The number of amides is 1. The minimum atomic E-state index is -0.469. The summed E-state index contributed by atoms with van der Waals surface area (Å²) in [6.45, 7) is 0.616. The highest BCUT2D eigenvalue weighted by molar-refractivity contribution is 6.30. The minimum absolute atomic E-state index is 0.221. The fourth-order valence-electron chi connectivity index (χ4n) is 2.42. The predicted octanol–water partition coefficient (Wildman–Crippen LogP) is 2.39. The molecular weight excluding hydrogens is 302 g/mol. The van der Waals surface area contributed by atoms with E-state index in [1.807, 2.05) is 0 Å². The second-order valence-electron chi connectivity index (χ2n) is 5.25. The van der Waals surface area contributed by atoms with Gasteiger partial charge in [-0.05, 0) is 30.3 Å². The Bertz CT molecular complexity index is 721. The summed E-state index contributed by atoms with van der Waals surface area (Å²) in [6.07, 6.45) is -0.469. The molecule has 2 aromatic carbocycles. The van der Waals surface area contributed by atoms with Crippen molar-refractivity contribution < 1.29 is 14.7 Å². The first-order valence-corrected chi connectivity index (χ1v) is 7.30. The Hall–Kier alpha value is -2.17. The van der Waals surface area contributed by atoms with E-state index < -0.39 is 6.10 Å². The molecule has 1 N–H and O–H groups in total. The first-order chi connectivity index (χ1) is 10.6. The number of likely N-dealkylation sites (tertiary alicyclic amines) is 1. The van der Waals surface area contributed by atoms with Crippen molar-refractivity contribution in [2.75, 3.05) is 13.1 Å². The van der Waals surface area contributed by atoms with Crippen molar-refractivity contribution in [2.45, 2.75) is 6.10 Å². The van der Waals surface area contributed by atoms with Gasteiger partial charge in [0, 0.05) is 29.2 Å². The zero-order valence-corrected chi connectivity index (χ0v) is 12.5. The van der Waals surface area contributed by atoms with Crippen LogP contribution >= 0.6 is 11.6 Å². The van der Waals surface area contributed by atoms with Crippen molar-refractivity contribution in [3.63, 3.8) is 0 Å². The number of aliphatic hydroxyl groups excluding tert-OH is 1. The molecule has 3 rings (SSSR count). The Labute approximate surface area is 132 Å². The summed E-state index contributed by atoms with van der Waals surface area (Å²) in [6, 6.07) is 13.3. The van der Waals surface area contributed by atoms with Gasteiger partial charge < -0.3 is 10.0 Å². The first-order valence-electron chi connectivity index (χ1n) is 6.93. The summed E-state index contributed by atoms with van der Waals surface area (Å²) in [5, 5.41) is 9.87. The van der Waals surface area contributed by atoms with Crippen LogP contribution in [0.4, 0.5) is 0 Å². The lowest BCUT2D eigenvalue weighted by Crippen LogP contribution is -2.53. The van der Waals surface area contributed by atoms with Crippen LogP contribution < -0.4 is 0 Å². The molecule has 0 radical (unpaired) electrons. The van der Waals surface area contributed by atoms with Crippen molar-refractivity contribution >= 4 is 23.3 Å². The maximum absolute atomic E-state index is 12.6. The summed E-state index contributed by atoms with van der Waals surface area (Å²) < 4.78 is 0. The van der Waals surface area contributed by atoms with Gasteiger partial charge in [0.25, 0.3) is 5.91 Å². The number of aliphatic hydroxyl groups is 1. The van der Waals surface area contributed by atoms with Gasteiger partial charge in [-0.3, -0.25) is 9.59 Å². The van der Waals surface area contributed by atoms with Crippen LogP contribution in [0.1, 0.15) is 26.3 Å². The van der Waals surface area contributed by atoms with Crippen LogP contribution in [0.25, 0.3) is 0 Å². The third kappa shape index (κ3) is 2.75. The molecule has 1 fully saturated rings. The molecule has 0 saturated carbocycles. The van der Waals surface area contributed by atoms with Crippen LogP contribution in [0.2, 0.25) is 5.02 Å². The summed E-state index contributed by atoms with van der Waals surface area (Å²) in [4.78, 5) is 26.6. The molecule has 5 heteroatoms. The third-order valence-corrected chi connectivity index (χ3v) is 3.91. The zero-order chi connectivity index (χ0) is 15.7. The van der Waals surface area contributed by atoms with E-state index in [4.69, 9.17) is 11.6 Å². The average Bonchev–Trinajstić information content (AvgIpc) is 2.51. The molecule has 0 spiro atoms.